The highest BCUT2D eigenvalue weighted by atomic mass is 32.2. The fourth-order valence-corrected chi connectivity index (χ4v) is 1.33. The van der Waals surface area contributed by atoms with E-state index in [9.17, 15) is 4.79 Å². The van der Waals surface area contributed by atoms with Crippen molar-refractivity contribution in [2.45, 2.75) is 11.9 Å². The molecule has 6 heteroatoms. The van der Waals surface area contributed by atoms with Crippen LogP contribution in [0.5, 0.6) is 0 Å². The zero-order valence-electron chi connectivity index (χ0n) is 6.50. The van der Waals surface area contributed by atoms with E-state index in [0.29, 0.717) is 10.7 Å². The molecule has 0 aliphatic heterocycles. The summed E-state index contributed by atoms with van der Waals surface area (Å²) in [6.45, 7) is 1.78. The molecule has 0 amide bonds. The van der Waals surface area contributed by atoms with Crippen LogP contribution in [0.4, 0.5) is 5.69 Å². The Labute approximate surface area is 73.3 Å². The van der Waals surface area contributed by atoms with Gasteiger partial charge >= 0.3 is 5.97 Å². The molecule has 66 valence electrons. The number of carbonyl (C=O) groups is 1. The molecule has 12 heavy (non-hydrogen) atoms. The first-order chi connectivity index (χ1) is 5.61. The van der Waals surface area contributed by atoms with Crippen LogP contribution in [0.25, 0.3) is 0 Å². The van der Waals surface area contributed by atoms with Crippen LogP contribution in [0.3, 0.4) is 0 Å². The van der Waals surface area contributed by atoms with E-state index >= 15 is 0 Å². The van der Waals surface area contributed by atoms with E-state index in [2.05, 4.69) is 10.2 Å². The van der Waals surface area contributed by atoms with E-state index in [0.717, 1.165) is 17.5 Å². The molecular formula is C6H9N3O2S. The van der Waals surface area contributed by atoms with E-state index in [-0.39, 0.29) is 5.75 Å². The number of nitrogen functional groups attached to an aromatic ring is 1. The summed E-state index contributed by atoms with van der Waals surface area (Å²) >= 11 is 1.11. The van der Waals surface area contributed by atoms with Gasteiger partial charge in [-0.2, -0.15) is 5.10 Å². The molecule has 0 aromatic carbocycles. The molecule has 1 aromatic heterocycles. The Balaban J connectivity index is 2.63. The van der Waals surface area contributed by atoms with E-state index in [1.165, 1.54) is 0 Å². The standard InChI is InChI=1S/C6H9N3O2S/c1-3-5(7)6(9-8-3)12-2-4(10)11/h2,7H2,1H3,(H,8,9)(H,10,11). The number of carboxylic acid groups (broad SMARTS) is 1. The van der Waals surface area contributed by atoms with Crippen LogP contribution in [0, 0.1) is 6.92 Å². The Morgan fingerprint density at radius 2 is 2.50 bits per heavy atom. The van der Waals surface area contributed by atoms with E-state index in [1.54, 1.807) is 6.92 Å². The lowest BCUT2D eigenvalue weighted by atomic mass is 10.4. The topological polar surface area (TPSA) is 92.0 Å². The van der Waals surface area contributed by atoms with Gasteiger partial charge in [0.25, 0.3) is 0 Å². The van der Waals surface area contributed by atoms with Gasteiger partial charge in [-0.05, 0) is 6.92 Å². The van der Waals surface area contributed by atoms with Gasteiger partial charge in [0.15, 0.2) is 0 Å². The molecule has 0 fully saturated rings. The van der Waals surface area contributed by atoms with Gasteiger partial charge in [0.1, 0.15) is 5.03 Å². The molecule has 1 heterocycles. The number of aliphatic carboxylic acids is 1. The van der Waals surface area contributed by atoms with Crippen molar-refractivity contribution >= 4 is 23.4 Å². The highest BCUT2D eigenvalue weighted by Crippen LogP contribution is 2.23. The summed E-state index contributed by atoms with van der Waals surface area (Å²) < 4.78 is 0. The quantitative estimate of drug-likeness (QED) is 0.598. The molecule has 0 bridgehead atoms. The fourth-order valence-electron chi connectivity index (χ4n) is 0.656. The van der Waals surface area contributed by atoms with Crippen molar-refractivity contribution in [3.8, 4) is 0 Å². The predicted octanol–water partition coefficient (Wildman–Crippen LogP) is 0.477. The summed E-state index contributed by atoms with van der Waals surface area (Å²) in [4.78, 5) is 10.2. The Bertz CT molecular complexity index is 297. The predicted molar refractivity (Wildman–Crippen MR) is 46.1 cm³/mol. The molecule has 4 N–H and O–H groups in total. The molecular weight excluding hydrogens is 178 g/mol. The number of anilines is 1. The van der Waals surface area contributed by atoms with Crippen molar-refractivity contribution in [2.75, 3.05) is 11.5 Å². The van der Waals surface area contributed by atoms with E-state index in [1.807, 2.05) is 0 Å². The summed E-state index contributed by atoms with van der Waals surface area (Å²) in [5.41, 5.74) is 6.88. The van der Waals surface area contributed by atoms with Gasteiger partial charge in [-0.25, -0.2) is 0 Å². The average Bonchev–Trinajstić information content (AvgIpc) is 2.30. The lowest BCUT2D eigenvalue weighted by Gasteiger charge is -1.93. The summed E-state index contributed by atoms with van der Waals surface area (Å²) in [5.74, 6) is -0.894. The maximum absolute atomic E-state index is 10.2. The third kappa shape index (κ3) is 1.91. The summed E-state index contributed by atoms with van der Waals surface area (Å²) in [5, 5.41) is 15.4. The third-order valence-corrected chi connectivity index (χ3v) is 2.27. The van der Waals surface area contributed by atoms with Gasteiger partial charge in [0, 0.05) is 0 Å². The first-order valence-corrected chi connectivity index (χ1v) is 4.25. The number of thioether (sulfide) groups is 1. The average molecular weight is 187 g/mol. The lowest BCUT2D eigenvalue weighted by Crippen LogP contribution is -1.98. The first-order valence-electron chi connectivity index (χ1n) is 3.26. The number of nitrogens with one attached hydrogen (secondary N) is 1. The van der Waals surface area contributed by atoms with Gasteiger partial charge in [0.05, 0.1) is 17.1 Å². The minimum Gasteiger partial charge on any atom is -0.481 e. The van der Waals surface area contributed by atoms with Gasteiger partial charge < -0.3 is 10.8 Å². The second kappa shape index (κ2) is 3.48. The van der Waals surface area contributed by atoms with Crippen LogP contribution in [0.15, 0.2) is 5.03 Å². The van der Waals surface area contributed by atoms with Crippen LogP contribution in [-0.4, -0.2) is 27.0 Å². The maximum atomic E-state index is 10.2. The van der Waals surface area contributed by atoms with E-state index in [4.69, 9.17) is 10.8 Å². The zero-order valence-corrected chi connectivity index (χ0v) is 7.31. The van der Waals surface area contributed by atoms with Crippen LogP contribution in [-0.2, 0) is 4.79 Å². The second-order valence-corrected chi connectivity index (χ2v) is 3.21. The maximum Gasteiger partial charge on any atom is 0.313 e. The number of carboxylic acids is 1. The molecule has 0 saturated heterocycles. The monoisotopic (exact) mass is 187 g/mol. The number of nitrogens with two attached hydrogens (primary N) is 1. The van der Waals surface area contributed by atoms with Crippen molar-refractivity contribution in [3.05, 3.63) is 5.69 Å². The Hall–Kier alpha value is -1.17. The molecule has 0 aliphatic rings. The largest absolute Gasteiger partial charge is 0.481 e. The fraction of sp³-hybridized carbons (Fsp3) is 0.333. The SMILES string of the molecule is Cc1[nH]nc(SCC(=O)O)c1N. The Kier molecular flexibility index (Phi) is 2.59. The Morgan fingerprint density at radius 3 is 2.92 bits per heavy atom. The minimum atomic E-state index is -0.875. The van der Waals surface area contributed by atoms with Crippen molar-refractivity contribution < 1.29 is 9.90 Å². The molecule has 1 aromatic rings. The molecule has 0 unspecified atom stereocenters. The number of rotatable bonds is 3. The van der Waals surface area contributed by atoms with Crippen LogP contribution in [0.1, 0.15) is 5.69 Å². The highest BCUT2D eigenvalue weighted by molar-refractivity contribution is 8.00. The number of hydrogen-bond acceptors (Lipinski definition) is 4. The van der Waals surface area contributed by atoms with Crippen molar-refractivity contribution in [1.82, 2.24) is 10.2 Å². The summed E-state index contributed by atoms with van der Waals surface area (Å²) in [6, 6.07) is 0. The molecule has 1 rings (SSSR count). The van der Waals surface area contributed by atoms with Crippen molar-refractivity contribution in [2.24, 2.45) is 0 Å². The van der Waals surface area contributed by atoms with Crippen LogP contribution >= 0.6 is 11.8 Å². The van der Waals surface area contributed by atoms with Gasteiger partial charge in [-0.3, -0.25) is 9.89 Å². The van der Waals surface area contributed by atoms with Crippen LogP contribution < -0.4 is 5.73 Å². The molecule has 0 atom stereocenters. The molecule has 5 nitrogen and oxygen atoms in total. The number of nitrogens with zero attached hydrogens (tertiary/aromatic N) is 1. The zero-order chi connectivity index (χ0) is 9.14. The third-order valence-electron chi connectivity index (χ3n) is 1.29. The van der Waals surface area contributed by atoms with Gasteiger partial charge in [0.2, 0.25) is 0 Å². The molecule has 0 saturated carbocycles. The molecule has 0 aliphatic carbocycles. The van der Waals surface area contributed by atoms with E-state index < -0.39 is 5.97 Å². The molecule has 0 radical (unpaired) electrons. The number of hydrogen-bond donors (Lipinski definition) is 3. The number of aromatic amines is 1. The highest BCUT2D eigenvalue weighted by Gasteiger charge is 2.08. The van der Waals surface area contributed by atoms with Crippen LogP contribution in [0.2, 0.25) is 0 Å². The normalized spacial score (nSPS) is 10.1. The molecule has 0 spiro atoms. The summed E-state index contributed by atoms with van der Waals surface area (Å²) in [7, 11) is 0. The van der Waals surface area contributed by atoms with Crippen molar-refractivity contribution in [3.63, 3.8) is 0 Å². The number of aryl methyl sites for hydroxylation is 1. The van der Waals surface area contributed by atoms with Crippen molar-refractivity contribution in [1.29, 1.82) is 0 Å². The summed E-state index contributed by atoms with van der Waals surface area (Å²) in [6.07, 6.45) is 0. The van der Waals surface area contributed by atoms with Gasteiger partial charge in [-0.1, -0.05) is 11.8 Å². The minimum absolute atomic E-state index is 0.0194. The number of aromatic nitrogens is 2. The lowest BCUT2D eigenvalue weighted by molar-refractivity contribution is -0.133. The smallest absolute Gasteiger partial charge is 0.313 e. The Morgan fingerprint density at radius 1 is 1.83 bits per heavy atom. The number of H-pyrrole nitrogens is 1. The first kappa shape index (κ1) is 8.92. The second-order valence-electron chi connectivity index (χ2n) is 2.25. The van der Waals surface area contributed by atoms with Gasteiger partial charge in [-0.15, -0.1) is 0 Å².